The normalized spacial score (nSPS) is 27.1. The number of aliphatic hydroxyl groups is 1. The fraction of sp³-hybridized carbons (Fsp3) is 0.909. The van der Waals surface area contributed by atoms with Gasteiger partial charge in [0.2, 0.25) is 0 Å². The molecule has 14 heavy (non-hydrogen) atoms. The van der Waals surface area contributed by atoms with Crippen molar-refractivity contribution in [2.24, 2.45) is 5.92 Å². The first-order chi connectivity index (χ1) is 6.83. The van der Waals surface area contributed by atoms with Gasteiger partial charge in [-0.2, -0.15) is 5.26 Å². The molecule has 1 rings (SSSR count). The Morgan fingerprint density at radius 2 is 2.00 bits per heavy atom. The summed E-state index contributed by atoms with van der Waals surface area (Å²) < 4.78 is 0. The van der Waals surface area contributed by atoms with E-state index in [2.05, 4.69) is 11.4 Å². The first-order valence-corrected chi connectivity index (χ1v) is 5.58. The molecule has 3 nitrogen and oxygen atoms in total. The average Bonchev–Trinajstić information content (AvgIpc) is 2.21. The van der Waals surface area contributed by atoms with E-state index < -0.39 is 0 Å². The molecule has 0 atom stereocenters. The Morgan fingerprint density at radius 1 is 1.29 bits per heavy atom. The molecule has 0 saturated heterocycles. The minimum atomic E-state index is -0.0511. The molecule has 0 aromatic rings. The maximum absolute atomic E-state index is 9.31. The van der Waals surface area contributed by atoms with Gasteiger partial charge >= 0.3 is 0 Å². The third-order valence-electron chi connectivity index (χ3n) is 2.89. The monoisotopic (exact) mass is 196 g/mol. The second kappa shape index (κ2) is 6.80. The van der Waals surface area contributed by atoms with Crippen molar-refractivity contribution in [2.75, 3.05) is 13.1 Å². The van der Waals surface area contributed by atoms with Gasteiger partial charge in [0.25, 0.3) is 0 Å². The lowest BCUT2D eigenvalue weighted by molar-refractivity contribution is 0.108. The molecule has 0 radical (unpaired) electrons. The summed E-state index contributed by atoms with van der Waals surface area (Å²) in [6, 6.07) is 2.14. The van der Waals surface area contributed by atoms with Crippen LogP contribution >= 0.6 is 0 Å². The second-order valence-electron chi connectivity index (χ2n) is 4.14. The average molecular weight is 196 g/mol. The van der Waals surface area contributed by atoms with Gasteiger partial charge in [0.1, 0.15) is 0 Å². The van der Waals surface area contributed by atoms with E-state index in [1.54, 1.807) is 0 Å². The highest BCUT2D eigenvalue weighted by molar-refractivity contribution is 4.74. The molecule has 0 amide bonds. The number of aliphatic hydroxyl groups excluding tert-OH is 1. The van der Waals surface area contributed by atoms with Crippen molar-refractivity contribution in [1.82, 2.24) is 5.32 Å². The molecule has 0 heterocycles. The predicted octanol–water partition coefficient (Wildman–Crippen LogP) is 1.43. The Kier molecular flexibility index (Phi) is 5.58. The van der Waals surface area contributed by atoms with Gasteiger partial charge in [-0.15, -0.1) is 0 Å². The molecule has 1 saturated carbocycles. The highest BCUT2D eigenvalue weighted by Gasteiger charge is 2.18. The number of nitrogens with one attached hydrogen (secondary N) is 1. The van der Waals surface area contributed by atoms with E-state index in [1.807, 2.05) is 0 Å². The van der Waals surface area contributed by atoms with Crippen molar-refractivity contribution >= 4 is 0 Å². The van der Waals surface area contributed by atoms with Crippen molar-refractivity contribution in [3.05, 3.63) is 0 Å². The molecule has 0 aromatic carbocycles. The Bertz CT molecular complexity index is 180. The van der Waals surface area contributed by atoms with E-state index in [4.69, 9.17) is 5.26 Å². The van der Waals surface area contributed by atoms with E-state index in [9.17, 15) is 5.11 Å². The quantitative estimate of drug-likeness (QED) is 0.654. The molecular weight excluding hydrogens is 176 g/mol. The lowest BCUT2D eigenvalue weighted by Gasteiger charge is -2.25. The first-order valence-electron chi connectivity index (χ1n) is 5.58. The summed E-state index contributed by atoms with van der Waals surface area (Å²) in [6.07, 6.45) is 5.76. The smallest absolute Gasteiger partial charge is 0.0622 e. The molecule has 0 unspecified atom stereocenters. The zero-order valence-corrected chi connectivity index (χ0v) is 8.71. The minimum Gasteiger partial charge on any atom is -0.393 e. The highest BCUT2D eigenvalue weighted by atomic mass is 16.3. The fourth-order valence-corrected chi connectivity index (χ4v) is 1.95. The van der Waals surface area contributed by atoms with Crippen LogP contribution < -0.4 is 5.32 Å². The summed E-state index contributed by atoms with van der Waals surface area (Å²) in [6.45, 7) is 2.00. The van der Waals surface area contributed by atoms with E-state index in [1.165, 1.54) is 0 Å². The van der Waals surface area contributed by atoms with Gasteiger partial charge in [0.15, 0.2) is 0 Å². The van der Waals surface area contributed by atoms with Crippen LogP contribution in [0.25, 0.3) is 0 Å². The summed E-state index contributed by atoms with van der Waals surface area (Å²) in [5.74, 6) is 0.737. The number of nitrogens with zero attached hydrogens (tertiary/aromatic N) is 1. The summed E-state index contributed by atoms with van der Waals surface area (Å²) >= 11 is 0. The number of unbranched alkanes of at least 4 members (excludes halogenated alkanes) is 1. The van der Waals surface area contributed by atoms with E-state index in [0.29, 0.717) is 6.42 Å². The Morgan fingerprint density at radius 3 is 2.64 bits per heavy atom. The SMILES string of the molecule is N#CCCCNCC1CCC(O)CC1. The van der Waals surface area contributed by atoms with Gasteiger partial charge in [-0.3, -0.25) is 0 Å². The molecule has 2 N–H and O–H groups in total. The molecule has 0 bridgehead atoms. The second-order valence-corrected chi connectivity index (χ2v) is 4.14. The van der Waals surface area contributed by atoms with Crippen molar-refractivity contribution in [2.45, 2.75) is 44.6 Å². The van der Waals surface area contributed by atoms with Gasteiger partial charge in [0, 0.05) is 6.42 Å². The van der Waals surface area contributed by atoms with Crippen LogP contribution in [0.15, 0.2) is 0 Å². The van der Waals surface area contributed by atoms with Crippen LogP contribution in [-0.2, 0) is 0 Å². The molecule has 80 valence electrons. The standard InChI is InChI=1S/C11H20N2O/c12-7-1-2-8-13-9-10-3-5-11(14)6-4-10/h10-11,13-14H,1-6,8-9H2. The maximum Gasteiger partial charge on any atom is 0.0622 e. The van der Waals surface area contributed by atoms with Crippen molar-refractivity contribution < 1.29 is 5.11 Å². The Labute approximate surface area is 86.1 Å². The van der Waals surface area contributed by atoms with Gasteiger partial charge in [-0.25, -0.2) is 0 Å². The molecule has 0 aliphatic heterocycles. The minimum absolute atomic E-state index is 0.0511. The summed E-state index contributed by atoms with van der Waals surface area (Å²) in [4.78, 5) is 0. The summed E-state index contributed by atoms with van der Waals surface area (Å²) in [7, 11) is 0. The van der Waals surface area contributed by atoms with Gasteiger partial charge in [-0.05, 0) is 51.1 Å². The zero-order chi connectivity index (χ0) is 10.2. The van der Waals surface area contributed by atoms with Gasteiger partial charge in [-0.1, -0.05) is 0 Å². The largest absolute Gasteiger partial charge is 0.393 e. The first kappa shape index (κ1) is 11.5. The van der Waals surface area contributed by atoms with Crippen LogP contribution in [0.5, 0.6) is 0 Å². The van der Waals surface area contributed by atoms with Crippen LogP contribution in [0.1, 0.15) is 38.5 Å². The van der Waals surface area contributed by atoms with Crippen LogP contribution in [0.4, 0.5) is 0 Å². The number of nitriles is 1. The summed E-state index contributed by atoms with van der Waals surface area (Å²) in [5.41, 5.74) is 0. The Hall–Kier alpha value is -0.590. The van der Waals surface area contributed by atoms with E-state index in [-0.39, 0.29) is 6.10 Å². The predicted molar refractivity (Wildman–Crippen MR) is 55.7 cm³/mol. The van der Waals surface area contributed by atoms with Crippen molar-refractivity contribution in [1.29, 1.82) is 5.26 Å². The molecule has 1 aliphatic carbocycles. The molecule has 1 aliphatic rings. The number of hydrogen-bond donors (Lipinski definition) is 2. The lowest BCUT2D eigenvalue weighted by atomic mass is 9.87. The van der Waals surface area contributed by atoms with Gasteiger partial charge in [0.05, 0.1) is 12.2 Å². The van der Waals surface area contributed by atoms with Crippen molar-refractivity contribution in [3.63, 3.8) is 0 Å². The fourth-order valence-electron chi connectivity index (χ4n) is 1.95. The van der Waals surface area contributed by atoms with Crippen LogP contribution in [0.3, 0.4) is 0 Å². The zero-order valence-electron chi connectivity index (χ0n) is 8.71. The van der Waals surface area contributed by atoms with Gasteiger partial charge < -0.3 is 10.4 Å². The topological polar surface area (TPSA) is 56.0 Å². The van der Waals surface area contributed by atoms with E-state index in [0.717, 1.165) is 51.1 Å². The molecular formula is C11H20N2O. The van der Waals surface area contributed by atoms with Crippen LogP contribution in [0.2, 0.25) is 0 Å². The maximum atomic E-state index is 9.31. The van der Waals surface area contributed by atoms with Crippen molar-refractivity contribution in [3.8, 4) is 6.07 Å². The molecule has 3 heteroatoms. The molecule has 0 spiro atoms. The number of rotatable bonds is 5. The summed E-state index contributed by atoms with van der Waals surface area (Å²) in [5, 5.41) is 21.0. The molecule has 0 aromatic heterocycles. The number of hydrogen-bond acceptors (Lipinski definition) is 3. The Balaban J connectivity index is 1.94. The lowest BCUT2D eigenvalue weighted by Crippen LogP contribution is -2.28. The third-order valence-corrected chi connectivity index (χ3v) is 2.89. The molecule has 1 fully saturated rings. The highest BCUT2D eigenvalue weighted by Crippen LogP contribution is 2.23. The third kappa shape index (κ3) is 4.59. The van der Waals surface area contributed by atoms with E-state index >= 15 is 0 Å². The van der Waals surface area contributed by atoms with Crippen LogP contribution in [0, 0.1) is 17.2 Å². The van der Waals surface area contributed by atoms with Crippen LogP contribution in [-0.4, -0.2) is 24.3 Å².